The molecule has 1 atom stereocenters. The first-order chi connectivity index (χ1) is 11.7. The van der Waals surface area contributed by atoms with Crippen LogP contribution in [0.5, 0.6) is 5.75 Å². The Bertz CT molecular complexity index is 672. The highest BCUT2D eigenvalue weighted by Gasteiger charge is 2.23. The van der Waals surface area contributed by atoms with Crippen LogP contribution >= 0.6 is 0 Å². The molecule has 0 aromatic heterocycles. The first-order valence-corrected chi connectivity index (χ1v) is 8.51. The number of nitrogens with zero attached hydrogens (tertiary/aromatic N) is 1. The normalized spacial score (nSPS) is 16.4. The van der Waals surface area contributed by atoms with Crippen LogP contribution in [0.1, 0.15) is 30.9 Å². The number of carbonyl (C=O) groups excluding carboxylic acids is 1. The van der Waals surface area contributed by atoms with E-state index in [1.807, 2.05) is 42.5 Å². The minimum atomic E-state index is 0.0935. The van der Waals surface area contributed by atoms with Gasteiger partial charge in [-0.05, 0) is 36.6 Å². The number of hydrogen-bond acceptors (Lipinski definition) is 3. The third-order valence-corrected chi connectivity index (χ3v) is 4.37. The number of ether oxygens (including phenoxy) is 1. The third kappa shape index (κ3) is 4.07. The van der Waals surface area contributed by atoms with Gasteiger partial charge < -0.3 is 15.0 Å². The molecule has 24 heavy (non-hydrogen) atoms. The number of para-hydroxylation sites is 2. The summed E-state index contributed by atoms with van der Waals surface area (Å²) in [5, 5.41) is 3.17. The van der Waals surface area contributed by atoms with Crippen LogP contribution in [0.25, 0.3) is 0 Å². The number of carbonyl (C=O) groups is 1. The van der Waals surface area contributed by atoms with Gasteiger partial charge in [-0.2, -0.15) is 0 Å². The Kier molecular flexibility index (Phi) is 5.36. The molecule has 1 unspecified atom stereocenters. The van der Waals surface area contributed by atoms with E-state index < -0.39 is 0 Å². The van der Waals surface area contributed by atoms with E-state index in [0.717, 1.165) is 25.1 Å². The Morgan fingerprint density at radius 2 is 1.92 bits per heavy atom. The fourth-order valence-electron chi connectivity index (χ4n) is 3.08. The van der Waals surface area contributed by atoms with Crippen LogP contribution in [0.2, 0.25) is 0 Å². The largest absolute Gasteiger partial charge is 0.494 e. The Balaban J connectivity index is 1.46. The van der Waals surface area contributed by atoms with Crippen molar-refractivity contribution >= 4 is 11.6 Å². The molecule has 1 amide bonds. The molecule has 1 N–H and O–H groups in total. The minimum Gasteiger partial charge on any atom is -0.494 e. The average molecular weight is 324 g/mol. The third-order valence-electron chi connectivity index (χ3n) is 4.37. The van der Waals surface area contributed by atoms with Crippen molar-refractivity contribution in [2.75, 3.05) is 25.1 Å². The second-order valence-electron chi connectivity index (χ2n) is 6.15. The first kappa shape index (κ1) is 16.4. The zero-order chi connectivity index (χ0) is 16.8. The van der Waals surface area contributed by atoms with Crippen molar-refractivity contribution in [1.29, 1.82) is 0 Å². The summed E-state index contributed by atoms with van der Waals surface area (Å²) in [7, 11) is 2.10. The maximum atomic E-state index is 12.2. The molecule has 4 nitrogen and oxygen atoms in total. The van der Waals surface area contributed by atoms with Crippen molar-refractivity contribution in [2.45, 2.75) is 25.3 Å². The van der Waals surface area contributed by atoms with Gasteiger partial charge in [0, 0.05) is 25.7 Å². The maximum absolute atomic E-state index is 12.2. The topological polar surface area (TPSA) is 41.6 Å². The lowest BCUT2D eigenvalue weighted by molar-refractivity contribution is -0.122. The van der Waals surface area contributed by atoms with Gasteiger partial charge in [-0.3, -0.25) is 4.79 Å². The van der Waals surface area contributed by atoms with E-state index in [-0.39, 0.29) is 11.9 Å². The quantitative estimate of drug-likeness (QED) is 0.826. The molecule has 2 aromatic carbocycles. The zero-order valence-electron chi connectivity index (χ0n) is 14.1. The van der Waals surface area contributed by atoms with Crippen LogP contribution in [0.15, 0.2) is 54.6 Å². The zero-order valence-corrected chi connectivity index (χ0v) is 14.1. The Morgan fingerprint density at radius 1 is 1.17 bits per heavy atom. The molecular weight excluding hydrogens is 300 g/mol. The molecule has 0 saturated heterocycles. The van der Waals surface area contributed by atoms with Gasteiger partial charge in [0.2, 0.25) is 5.91 Å². The van der Waals surface area contributed by atoms with Gasteiger partial charge in [-0.25, -0.2) is 0 Å². The lowest BCUT2D eigenvalue weighted by Crippen LogP contribution is -2.36. The van der Waals surface area contributed by atoms with E-state index in [1.165, 1.54) is 11.3 Å². The van der Waals surface area contributed by atoms with Crippen molar-refractivity contribution < 1.29 is 9.53 Å². The monoisotopic (exact) mass is 324 g/mol. The van der Waals surface area contributed by atoms with E-state index in [9.17, 15) is 4.79 Å². The minimum absolute atomic E-state index is 0.0935. The second-order valence-corrected chi connectivity index (χ2v) is 6.15. The van der Waals surface area contributed by atoms with Gasteiger partial charge in [0.25, 0.3) is 0 Å². The van der Waals surface area contributed by atoms with E-state index in [4.69, 9.17) is 4.74 Å². The Labute approximate surface area is 143 Å². The first-order valence-electron chi connectivity index (χ1n) is 8.51. The van der Waals surface area contributed by atoms with Gasteiger partial charge >= 0.3 is 0 Å². The number of amides is 1. The highest BCUT2D eigenvalue weighted by molar-refractivity contribution is 5.77. The van der Waals surface area contributed by atoms with Gasteiger partial charge in [-0.15, -0.1) is 0 Å². The number of fused-ring (bicyclic) bond motifs is 1. The molecule has 1 heterocycles. The fraction of sp³-hybridized carbons (Fsp3) is 0.350. The molecule has 2 aromatic rings. The molecule has 1 aliphatic rings. The van der Waals surface area contributed by atoms with Gasteiger partial charge in [0.1, 0.15) is 5.75 Å². The smallest absolute Gasteiger partial charge is 0.220 e. The summed E-state index contributed by atoms with van der Waals surface area (Å²) in [6.07, 6.45) is 2.15. The molecule has 0 aliphatic carbocycles. The number of rotatable bonds is 6. The number of nitrogens with one attached hydrogen (secondary N) is 1. The standard InChI is InChI=1S/C20H24N2O2/c1-22-14-13-18(17-10-5-6-11-19(17)22)21-20(23)12-7-15-24-16-8-3-2-4-9-16/h2-6,8-11,18H,7,12-15H2,1H3,(H,21,23). The van der Waals surface area contributed by atoms with Crippen LogP contribution in [0.4, 0.5) is 5.69 Å². The summed E-state index contributed by atoms with van der Waals surface area (Å²) in [4.78, 5) is 14.5. The summed E-state index contributed by atoms with van der Waals surface area (Å²) in [6, 6.07) is 18.1. The predicted molar refractivity (Wildman–Crippen MR) is 96.4 cm³/mol. The summed E-state index contributed by atoms with van der Waals surface area (Å²) in [5.74, 6) is 0.943. The van der Waals surface area contributed by atoms with Crippen molar-refractivity contribution in [3.63, 3.8) is 0 Å². The Morgan fingerprint density at radius 3 is 2.75 bits per heavy atom. The van der Waals surface area contributed by atoms with Crippen LogP contribution in [-0.4, -0.2) is 26.1 Å². The molecule has 3 rings (SSSR count). The lowest BCUT2D eigenvalue weighted by atomic mass is 9.96. The SMILES string of the molecule is CN1CCC(NC(=O)CCCOc2ccccc2)c2ccccc21. The molecule has 126 valence electrons. The van der Waals surface area contributed by atoms with Gasteiger partial charge in [0.15, 0.2) is 0 Å². The van der Waals surface area contributed by atoms with E-state index in [2.05, 4.69) is 29.4 Å². The highest BCUT2D eigenvalue weighted by atomic mass is 16.5. The Hall–Kier alpha value is -2.49. The summed E-state index contributed by atoms with van der Waals surface area (Å²) >= 11 is 0. The van der Waals surface area contributed by atoms with Crippen LogP contribution < -0.4 is 15.0 Å². The molecule has 1 aliphatic heterocycles. The summed E-state index contributed by atoms with van der Waals surface area (Å²) in [6.45, 7) is 1.51. The van der Waals surface area contributed by atoms with Gasteiger partial charge in [0.05, 0.1) is 12.6 Å². The second kappa shape index (κ2) is 7.86. The predicted octanol–water partition coefficient (Wildman–Crippen LogP) is 3.54. The van der Waals surface area contributed by atoms with E-state index in [1.54, 1.807) is 0 Å². The number of anilines is 1. The van der Waals surface area contributed by atoms with Gasteiger partial charge in [-0.1, -0.05) is 36.4 Å². The van der Waals surface area contributed by atoms with E-state index in [0.29, 0.717) is 13.0 Å². The van der Waals surface area contributed by atoms with Crippen LogP contribution in [0.3, 0.4) is 0 Å². The number of benzene rings is 2. The van der Waals surface area contributed by atoms with Crippen molar-refractivity contribution in [3.8, 4) is 5.75 Å². The lowest BCUT2D eigenvalue weighted by Gasteiger charge is -2.33. The molecular formula is C20H24N2O2. The molecule has 4 heteroatoms. The molecule has 0 spiro atoms. The summed E-state index contributed by atoms with van der Waals surface area (Å²) < 4.78 is 5.63. The van der Waals surface area contributed by atoms with Crippen molar-refractivity contribution in [2.24, 2.45) is 0 Å². The summed E-state index contributed by atoms with van der Waals surface area (Å²) in [5.41, 5.74) is 2.42. The van der Waals surface area contributed by atoms with Crippen LogP contribution in [-0.2, 0) is 4.79 Å². The maximum Gasteiger partial charge on any atom is 0.220 e. The molecule has 0 saturated carbocycles. The molecule has 0 fully saturated rings. The van der Waals surface area contributed by atoms with Crippen molar-refractivity contribution in [3.05, 3.63) is 60.2 Å². The average Bonchev–Trinajstić information content (AvgIpc) is 2.62. The van der Waals surface area contributed by atoms with E-state index >= 15 is 0 Å². The highest BCUT2D eigenvalue weighted by Crippen LogP contribution is 2.32. The van der Waals surface area contributed by atoms with Crippen LogP contribution in [0, 0.1) is 0 Å². The van der Waals surface area contributed by atoms with Crippen molar-refractivity contribution in [1.82, 2.24) is 5.32 Å². The molecule has 0 bridgehead atoms. The fourth-order valence-corrected chi connectivity index (χ4v) is 3.08. The number of hydrogen-bond donors (Lipinski definition) is 1. The molecule has 0 radical (unpaired) electrons.